The number of nitrogens with zero attached hydrogens (tertiary/aromatic N) is 2. The van der Waals surface area contributed by atoms with Crippen molar-refractivity contribution in [1.82, 2.24) is 15.3 Å². The summed E-state index contributed by atoms with van der Waals surface area (Å²) in [6, 6.07) is 0. The third-order valence-corrected chi connectivity index (χ3v) is 4.49. The number of aliphatic hydroxyl groups is 1. The number of hydrogen-bond acceptors (Lipinski definition) is 5. The molecule has 0 aliphatic carbocycles. The Morgan fingerprint density at radius 1 is 1.20 bits per heavy atom. The van der Waals surface area contributed by atoms with Crippen molar-refractivity contribution in [3.8, 4) is 0 Å². The summed E-state index contributed by atoms with van der Waals surface area (Å²) < 4.78 is 5.08. The van der Waals surface area contributed by atoms with E-state index in [1.807, 2.05) is 6.92 Å². The topological polar surface area (TPSA) is 82.1 Å². The molecule has 2 atom stereocenters. The molecule has 0 aromatic rings. The molecule has 0 radical (unpaired) electrons. The zero-order valence-corrected chi connectivity index (χ0v) is 16.2. The summed E-state index contributed by atoms with van der Waals surface area (Å²) in [5, 5.41) is 11.6. The van der Waals surface area contributed by atoms with E-state index in [9.17, 15) is 14.7 Å². The predicted molar refractivity (Wildman–Crippen MR) is 96.5 cm³/mol. The van der Waals surface area contributed by atoms with E-state index in [1.54, 1.807) is 9.91 Å². The maximum Gasteiger partial charge on any atom is 0.421 e. The first-order valence-corrected chi connectivity index (χ1v) is 9.54. The smallest absolute Gasteiger partial charge is 0.421 e. The molecular weight excluding hydrogens is 322 g/mol. The third-order valence-electron chi connectivity index (χ3n) is 4.49. The molecule has 1 aliphatic heterocycles. The van der Waals surface area contributed by atoms with Crippen molar-refractivity contribution in [2.45, 2.75) is 65.9 Å². The highest BCUT2D eigenvalue weighted by Crippen LogP contribution is 2.22. The Bertz CT molecular complexity index is 417. The van der Waals surface area contributed by atoms with Gasteiger partial charge in [0.2, 0.25) is 5.91 Å². The fourth-order valence-electron chi connectivity index (χ4n) is 3.00. The fraction of sp³-hybridized carbons (Fsp3) is 0.889. The Morgan fingerprint density at radius 3 is 2.48 bits per heavy atom. The van der Waals surface area contributed by atoms with Gasteiger partial charge in [-0.2, -0.15) is 5.01 Å². The number of aliphatic hydroxyl groups excluding tert-OH is 1. The molecule has 1 fully saturated rings. The Kier molecular flexibility index (Phi) is 9.82. The van der Waals surface area contributed by atoms with Crippen LogP contribution in [0.4, 0.5) is 4.79 Å². The van der Waals surface area contributed by atoms with Crippen LogP contribution < -0.4 is 5.43 Å². The normalized spacial score (nSPS) is 19.8. The lowest BCUT2D eigenvalue weighted by molar-refractivity contribution is -0.146. The molecule has 0 aromatic carbocycles. The highest BCUT2D eigenvalue weighted by Gasteiger charge is 2.33. The van der Waals surface area contributed by atoms with Crippen molar-refractivity contribution in [2.24, 2.45) is 11.8 Å². The molecule has 0 aromatic heterocycles. The third kappa shape index (κ3) is 7.61. The van der Waals surface area contributed by atoms with E-state index >= 15 is 0 Å². The Morgan fingerprint density at radius 2 is 1.88 bits per heavy atom. The number of hydrazine groups is 1. The summed E-state index contributed by atoms with van der Waals surface area (Å²) in [6.07, 6.45) is 3.45. The van der Waals surface area contributed by atoms with Crippen LogP contribution in [0.5, 0.6) is 0 Å². The summed E-state index contributed by atoms with van der Waals surface area (Å²) in [6.45, 7) is 9.48. The maximum absolute atomic E-state index is 12.9. The van der Waals surface area contributed by atoms with Gasteiger partial charge in [-0.25, -0.2) is 4.79 Å². The van der Waals surface area contributed by atoms with Crippen molar-refractivity contribution in [3.63, 3.8) is 0 Å². The van der Waals surface area contributed by atoms with E-state index in [0.29, 0.717) is 13.2 Å². The van der Waals surface area contributed by atoms with Gasteiger partial charge in [-0.1, -0.05) is 47.0 Å². The first-order valence-electron chi connectivity index (χ1n) is 9.54. The first kappa shape index (κ1) is 21.7. The van der Waals surface area contributed by atoms with Gasteiger partial charge in [0.25, 0.3) is 0 Å². The van der Waals surface area contributed by atoms with Crippen molar-refractivity contribution in [1.29, 1.82) is 0 Å². The number of hydrogen-bond donors (Lipinski definition) is 2. The molecule has 0 spiro atoms. The first-order chi connectivity index (χ1) is 11.9. The lowest BCUT2D eigenvalue weighted by Crippen LogP contribution is -2.60. The van der Waals surface area contributed by atoms with Crippen LogP contribution in [0.2, 0.25) is 0 Å². The number of carbonyl (C=O) groups excluding carboxylic acids is 2. The molecule has 7 nitrogen and oxygen atoms in total. The van der Waals surface area contributed by atoms with Gasteiger partial charge in [0.1, 0.15) is 0 Å². The molecular formula is C18H35N3O4. The molecule has 146 valence electrons. The molecule has 1 saturated heterocycles. The largest absolute Gasteiger partial charge is 0.449 e. The number of β-amino-alcohol motifs (C(OH)–C–C–N with tert-alkyl or cyclic N) is 1. The van der Waals surface area contributed by atoms with E-state index in [2.05, 4.69) is 26.2 Å². The Balaban J connectivity index is 2.61. The molecule has 1 aliphatic rings. The van der Waals surface area contributed by atoms with E-state index in [1.165, 1.54) is 0 Å². The van der Waals surface area contributed by atoms with Gasteiger partial charge < -0.3 is 14.7 Å². The highest BCUT2D eigenvalue weighted by molar-refractivity contribution is 5.79. The summed E-state index contributed by atoms with van der Waals surface area (Å²) in [5.74, 6) is 0.246. The molecule has 2 N–H and O–H groups in total. The zero-order valence-electron chi connectivity index (χ0n) is 16.2. The number of ether oxygens (including phenoxy) is 1. The molecule has 0 bridgehead atoms. The van der Waals surface area contributed by atoms with Crippen LogP contribution in [0, 0.1) is 11.8 Å². The fourth-order valence-corrected chi connectivity index (χ4v) is 3.00. The lowest BCUT2D eigenvalue weighted by Gasteiger charge is -2.39. The SMILES string of the molecule is CCCCOC(=O)NN1CC(O)CN(C(=O)C(CCCC)C(C)C)C1. The van der Waals surface area contributed by atoms with Gasteiger partial charge in [0, 0.05) is 19.0 Å². The molecule has 0 saturated carbocycles. The Hall–Kier alpha value is -1.34. The summed E-state index contributed by atoms with van der Waals surface area (Å²) in [7, 11) is 0. The average Bonchev–Trinajstić information content (AvgIpc) is 2.54. The van der Waals surface area contributed by atoms with Crippen molar-refractivity contribution >= 4 is 12.0 Å². The van der Waals surface area contributed by atoms with Gasteiger partial charge in [0.05, 0.1) is 19.4 Å². The molecule has 2 amide bonds. The van der Waals surface area contributed by atoms with Crippen LogP contribution in [0.3, 0.4) is 0 Å². The highest BCUT2D eigenvalue weighted by atomic mass is 16.6. The van der Waals surface area contributed by atoms with Gasteiger partial charge in [-0.05, 0) is 18.8 Å². The molecule has 1 rings (SSSR count). The maximum atomic E-state index is 12.9. The van der Waals surface area contributed by atoms with Gasteiger partial charge in [-0.15, -0.1) is 0 Å². The van der Waals surface area contributed by atoms with Crippen LogP contribution in [0.15, 0.2) is 0 Å². The second-order valence-corrected chi connectivity index (χ2v) is 7.17. The van der Waals surface area contributed by atoms with E-state index in [-0.39, 0.29) is 31.0 Å². The van der Waals surface area contributed by atoms with E-state index in [4.69, 9.17) is 4.74 Å². The number of nitrogens with one attached hydrogen (secondary N) is 1. The minimum absolute atomic E-state index is 0.0494. The van der Waals surface area contributed by atoms with Crippen LogP contribution in [0.25, 0.3) is 0 Å². The van der Waals surface area contributed by atoms with Crippen LogP contribution >= 0.6 is 0 Å². The number of amides is 2. The number of unbranched alkanes of at least 4 members (excludes halogenated alkanes) is 2. The zero-order chi connectivity index (χ0) is 18.8. The minimum atomic E-state index is -0.687. The molecule has 1 heterocycles. The lowest BCUT2D eigenvalue weighted by atomic mass is 9.89. The van der Waals surface area contributed by atoms with Crippen molar-refractivity contribution in [3.05, 3.63) is 0 Å². The predicted octanol–water partition coefficient (Wildman–Crippen LogP) is 2.35. The second kappa shape index (κ2) is 11.3. The molecule has 7 heteroatoms. The molecule has 2 unspecified atom stereocenters. The van der Waals surface area contributed by atoms with Crippen LogP contribution in [-0.2, 0) is 9.53 Å². The summed E-state index contributed by atoms with van der Waals surface area (Å²) >= 11 is 0. The van der Waals surface area contributed by atoms with E-state index in [0.717, 1.165) is 32.1 Å². The van der Waals surface area contributed by atoms with Gasteiger partial charge in [0.15, 0.2) is 0 Å². The summed E-state index contributed by atoms with van der Waals surface area (Å²) in [5.41, 5.74) is 2.62. The van der Waals surface area contributed by atoms with E-state index < -0.39 is 12.2 Å². The monoisotopic (exact) mass is 357 g/mol. The number of rotatable bonds is 9. The quantitative estimate of drug-likeness (QED) is 0.619. The van der Waals surface area contributed by atoms with Crippen LogP contribution in [0.1, 0.15) is 59.8 Å². The van der Waals surface area contributed by atoms with Crippen molar-refractivity contribution < 1.29 is 19.4 Å². The van der Waals surface area contributed by atoms with Crippen molar-refractivity contribution in [2.75, 3.05) is 26.4 Å². The standard InChI is InChI=1S/C18H35N3O4/c1-5-7-9-16(14(3)4)17(23)20-11-15(22)12-21(13-20)19-18(24)25-10-8-6-2/h14-16,22H,5-13H2,1-4H3,(H,19,24). The molecule has 25 heavy (non-hydrogen) atoms. The van der Waals surface area contributed by atoms with Gasteiger partial charge in [-0.3, -0.25) is 10.2 Å². The Labute approximate surface area is 151 Å². The summed E-state index contributed by atoms with van der Waals surface area (Å²) in [4.78, 5) is 26.3. The van der Waals surface area contributed by atoms with Crippen LogP contribution in [-0.4, -0.2) is 59.5 Å². The number of carbonyl (C=O) groups is 2. The second-order valence-electron chi connectivity index (χ2n) is 7.17. The average molecular weight is 357 g/mol. The minimum Gasteiger partial charge on any atom is -0.449 e. The van der Waals surface area contributed by atoms with Gasteiger partial charge >= 0.3 is 6.09 Å².